The average Bonchev–Trinajstić information content (AvgIpc) is 3.05. The fourth-order valence-electron chi connectivity index (χ4n) is 3.04. The first-order chi connectivity index (χ1) is 21.3. The summed E-state index contributed by atoms with van der Waals surface area (Å²) in [4.78, 5) is 39.2. The van der Waals surface area contributed by atoms with Crippen molar-refractivity contribution in [2.45, 2.75) is 76.2 Å². The first-order valence-corrected chi connectivity index (χ1v) is 15.2. The fraction of sp³-hybridized carbons (Fsp3) is 0.353. The van der Waals surface area contributed by atoms with Crippen molar-refractivity contribution >= 4 is 40.8 Å². The average molecular weight is 605 g/mol. The predicted octanol–water partition coefficient (Wildman–Crippen LogP) is 8.48. The molecular weight excluding hydrogens is 552 g/mol. The molecule has 0 radical (unpaired) electrons. The molecule has 44 heavy (non-hydrogen) atoms. The summed E-state index contributed by atoms with van der Waals surface area (Å²) in [5, 5.41) is 11.5. The molecule has 0 spiro atoms. The number of nitrogens with zero attached hydrogens (tertiary/aromatic N) is 4. The number of hydrogen-bond donors (Lipinski definition) is 4. The number of carbonyl (C=O) groups is 2. The molecule has 0 aliphatic carbocycles. The Morgan fingerprint density at radius 1 is 0.614 bits per heavy atom. The van der Waals surface area contributed by atoms with E-state index in [9.17, 15) is 9.59 Å². The minimum absolute atomic E-state index is 0.0982. The zero-order valence-electron chi connectivity index (χ0n) is 28.5. The summed E-state index contributed by atoms with van der Waals surface area (Å²) in [6, 6.07) is 18.2. The van der Waals surface area contributed by atoms with Crippen LogP contribution in [-0.2, 0) is 4.79 Å². The number of rotatable bonds is 6. The van der Waals surface area contributed by atoms with Gasteiger partial charge in [0.25, 0.3) is 5.91 Å². The van der Waals surface area contributed by atoms with E-state index in [1.807, 2.05) is 118 Å². The minimum Gasteiger partial charge on any atom is -0.355 e. The second-order valence-corrected chi connectivity index (χ2v) is 7.72. The molecule has 4 N–H and O–H groups in total. The first kappa shape index (κ1) is 41.3. The lowest BCUT2D eigenvalue weighted by Crippen LogP contribution is -2.17. The van der Waals surface area contributed by atoms with Gasteiger partial charge in [0.05, 0.1) is 0 Å². The lowest BCUT2D eigenvalue weighted by Gasteiger charge is -2.07. The highest BCUT2D eigenvalue weighted by Crippen LogP contribution is 2.18. The molecule has 2 heterocycles. The van der Waals surface area contributed by atoms with E-state index in [1.54, 1.807) is 31.6 Å². The highest BCUT2D eigenvalue weighted by Gasteiger charge is 2.05. The number of aryl methyl sites for hydroxylation is 2. The Balaban J connectivity index is 0. The van der Waals surface area contributed by atoms with Crippen molar-refractivity contribution in [1.29, 1.82) is 0 Å². The third-order valence-corrected chi connectivity index (χ3v) is 4.64. The molecule has 2 aromatic heterocycles. The molecule has 0 fully saturated rings. The molecule has 0 bridgehead atoms. The van der Waals surface area contributed by atoms with Crippen LogP contribution in [0.15, 0.2) is 73.1 Å². The summed E-state index contributed by atoms with van der Waals surface area (Å²) in [6.45, 7) is 21.3. The van der Waals surface area contributed by atoms with Gasteiger partial charge in [-0.3, -0.25) is 9.59 Å². The largest absolute Gasteiger partial charge is 0.355 e. The number of anilines is 5. The van der Waals surface area contributed by atoms with E-state index in [2.05, 4.69) is 41.2 Å². The number of aromatic nitrogens is 4. The lowest BCUT2D eigenvalue weighted by molar-refractivity contribution is -0.114. The molecule has 2 aromatic carbocycles. The quantitative estimate of drug-likeness (QED) is 0.172. The maximum Gasteiger partial charge on any atom is 0.251 e. The van der Waals surface area contributed by atoms with Crippen molar-refractivity contribution in [3.05, 3.63) is 90.0 Å². The van der Waals surface area contributed by atoms with Gasteiger partial charge in [0.1, 0.15) is 0 Å². The molecule has 0 saturated heterocycles. The lowest BCUT2D eigenvalue weighted by atomic mass is 10.2. The Morgan fingerprint density at radius 3 is 1.48 bits per heavy atom. The van der Waals surface area contributed by atoms with Gasteiger partial charge in [0.2, 0.25) is 17.8 Å². The van der Waals surface area contributed by atoms with E-state index in [4.69, 9.17) is 0 Å². The van der Waals surface area contributed by atoms with Gasteiger partial charge >= 0.3 is 0 Å². The summed E-state index contributed by atoms with van der Waals surface area (Å²) in [6.07, 6.45) is 3.38. The van der Waals surface area contributed by atoms with E-state index < -0.39 is 0 Å². The van der Waals surface area contributed by atoms with Crippen LogP contribution in [0.5, 0.6) is 0 Å². The highest BCUT2D eigenvalue weighted by atomic mass is 16.2. The van der Waals surface area contributed by atoms with Crippen LogP contribution in [0, 0.1) is 13.8 Å². The molecular formula is C34H52N8O2. The van der Waals surface area contributed by atoms with Crippen molar-refractivity contribution in [3.63, 3.8) is 0 Å². The van der Waals surface area contributed by atoms with Gasteiger partial charge in [0, 0.05) is 60.4 Å². The predicted molar refractivity (Wildman–Crippen MR) is 186 cm³/mol. The molecule has 0 aliphatic heterocycles. The molecule has 4 aromatic rings. The number of amides is 2. The fourth-order valence-corrected chi connectivity index (χ4v) is 3.04. The summed E-state index contributed by atoms with van der Waals surface area (Å²) >= 11 is 0. The monoisotopic (exact) mass is 604 g/mol. The molecule has 0 aliphatic rings. The molecule has 4 rings (SSSR count). The van der Waals surface area contributed by atoms with Crippen LogP contribution < -0.4 is 21.3 Å². The summed E-state index contributed by atoms with van der Waals surface area (Å²) in [5.41, 5.74) is 4.71. The van der Waals surface area contributed by atoms with Crippen LogP contribution in [0.4, 0.5) is 29.0 Å². The van der Waals surface area contributed by atoms with Crippen LogP contribution in [-0.4, -0.2) is 38.8 Å². The van der Waals surface area contributed by atoms with Gasteiger partial charge in [-0.05, 0) is 62.4 Å². The second-order valence-electron chi connectivity index (χ2n) is 7.72. The van der Waals surface area contributed by atoms with Gasteiger partial charge in [-0.2, -0.15) is 0 Å². The van der Waals surface area contributed by atoms with Crippen molar-refractivity contribution < 1.29 is 9.59 Å². The topological polar surface area (TPSA) is 134 Å². The number of benzene rings is 2. The SMILES string of the molecule is CC.CC.CC.CC.CC(=O)Nc1cccc(Nc2nccc(C)n2)c1.CNC(=O)c1cccc(Nc2nccc(C)n2)c1. The van der Waals surface area contributed by atoms with Crippen LogP contribution >= 0.6 is 0 Å². The Bertz CT molecular complexity index is 1350. The van der Waals surface area contributed by atoms with Crippen molar-refractivity contribution in [2.24, 2.45) is 0 Å². The Hall–Kier alpha value is -4.86. The second kappa shape index (κ2) is 25.8. The molecule has 240 valence electrons. The number of nitrogens with one attached hydrogen (secondary N) is 4. The van der Waals surface area contributed by atoms with Crippen LogP contribution in [0.3, 0.4) is 0 Å². The van der Waals surface area contributed by atoms with E-state index in [0.29, 0.717) is 17.5 Å². The van der Waals surface area contributed by atoms with E-state index in [-0.39, 0.29) is 11.8 Å². The Kier molecular flexibility index (Phi) is 24.2. The third kappa shape index (κ3) is 17.2. The molecule has 0 unspecified atom stereocenters. The molecule has 0 atom stereocenters. The highest BCUT2D eigenvalue weighted by molar-refractivity contribution is 5.95. The van der Waals surface area contributed by atoms with Gasteiger partial charge in [-0.15, -0.1) is 0 Å². The minimum atomic E-state index is -0.121. The first-order valence-electron chi connectivity index (χ1n) is 15.2. The van der Waals surface area contributed by atoms with Crippen molar-refractivity contribution in [2.75, 3.05) is 23.0 Å². The Labute approximate surface area is 264 Å². The molecule has 2 amide bonds. The van der Waals surface area contributed by atoms with E-state index >= 15 is 0 Å². The Morgan fingerprint density at radius 2 is 1.05 bits per heavy atom. The number of hydrogen-bond acceptors (Lipinski definition) is 8. The standard InChI is InChI=1S/2C13H14N4O.4C2H6/c1-9-6-7-15-13(16-9)17-11-5-3-4-10(8-11)12(18)14-2;1-9-6-7-14-13(15-9)17-12-5-3-4-11(8-12)16-10(2)18;4*1-2/h3-8H,1-2H3,(H,14,18)(H,15,16,17);3-8H,1-2H3,(H,16,18)(H,14,15,17);4*1-2H3. The smallest absolute Gasteiger partial charge is 0.251 e. The van der Waals surface area contributed by atoms with Crippen LogP contribution in [0.25, 0.3) is 0 Å². The van der Waals surface area contributed by atoms with Gasteiger partial charge in [-0.1, -0.05) is 67.5 Å². The molecule has 0 saturated carbocycles. The van der Waals surface area contributed by atoms with Crippen molar-refractivity contribution in [1.82, 2.24) is 25.3 Å². The van der Waals surface area contributed by atoms with Crippen LogP contribution in [0.1, 0.15) is 84.1 Å². The molecule has 10 heteroatoms. The zero-order valence-corrected chi connectivity index (χ0v) is 28.5. The summed E-state index contributed by atoms with van der Waals surface area (Å²) in [5.74, 6) is 0.835. The normalized spacial score (nSPS) is 8.64. The van der Waals surface area contributed by atoms with Crippen LogP contribution in [0.2, 0.25) is 0 Å². The van der Waals surface area contributed by atoms with E-state index in [1.165, 1.54) is 6.92 Å². The van der Waals surface area contributed by atoms with Crippen molar-refractivity contribution in [3.8, 4) is 0 Å². The van der Waals surface area contributed by atoms with Gasteiger partial charge < -0.3 is 21.3 Å². The number of carbonyl (C=O) groups excluding carboxylic acids is 2. The summed E-state index contributed by atoms with van der Waals surface area (Å²) < 4.78 is 0. The van der Waals surface area contributed by atoms with Gasteiger partial charge in [-0.25, -0.2) is 19.9 Å². The van der Waals surface area contributed by atoms with Gasteiger partial charge in [0.15, 0.2) is 0 Å². The maximum absolute atomic E-state index is 11.5. The molecule has 10 nitrogen and oxygen atoms in total. The zero-order chi connectivity index (χ0) is 33.9. The summed E-state index contributed by atoms with van der Waals surface area (Å²) in [7, 11) is 1.60. The van der Waals surface area contributed by atoms with E-state index in [0.717, 1.165) is 28.5 Å². The maximum atomic E-state index is 11.5. The third-order valence-electron chi connectivity index (χ3n) is 4.64.